The predicted molar refractivity (Wildman–Crippen MR) is 199 cm³/mol. The fraction of sp³-hybridized carbons (Fsp3) is 0.333. The van der Waals surface area contributed by atoms with Crippen LogP contribution in [0.15, 0.2) is 82.3 Å². The largest absolute Gasteiger partial charge is 0.492 e. The molecular formula is C36H42N8O5S2. The summed E-state index contributed by atoms with van der Waals surface area (Å²) in [5, 5.41) is 14.0. The van der Waals surface area contributed by atoms with Gasteiger partial charge >= 0.3 is 5.97 Å². The van der Waals surface area contributed by atoms with E-state index in [9.17, 15) is 18.9 Å². The SMILES string of the molecule is NC(N)=NCCCC(NC(=O)c1sccc1NS(=O)c1cc(-c2ccccc2CN2CCN(Cc3ccncc3)CC2)cc2c1OCC2)C(=O)O. The molecular weight excluding hydrogens is 689 g/mol. The number of hydrogen-bond acceptors (Lipinski definition) is 9. The van der Waals surface area contributed by atoms with Gasteiger partial charge in [-0.1, -0.05) is 24.3 Å². The van der Waals surface area contributed by atoms with E-state index in [1.807, 2.05) is 24.5 Å². The van der Waals surface area contributed by atoms with E-state index in [2.05, 4.69) is 66.2 Å². The van der Waals surface area contributed by atoms with Crippen LogP contribution >= 0.6 is 11.3 Å². The lowest BCUT2D eigenvalue weighted by molar-refractivity contribution is -0.139. The van der Waals surface area contributed by atoms with Gasteiger partial charge in [0.1, 0.15) is 21.6 Å². The highest BCUT2D eigenvalue weighted by atomic mass is 32.2. The molecule has 1 amide bonds. The topological polar surface area (TPSA) is 188 Å². The van der Waals surface area contributed by atoms with Crippen molar-refractivity contribution in [1.29, 1.82) is 0 Å². The Hall–Kier alpha value is -4.83. The smallest absolute Gasteiger partial charge is 0.326 e. The van der Waals surface area contributed by atoms with Crippen molar-refractivity contribution in [3.05, 3.63) is 93.9 Å². The molecule has 51 heavy (non-hydrogen) atoms. The number of nitrogens with two attached hydrogens (primary N) is 2. The summed E-state index contributed by atoms with van der Waals surface area (Å²) in [7, 11) is -1.79. The zero-order valence-electron chi connectivity index (χ0n) is 28.1. The molecule has 7 N–H and O–H groups in total. The average Bonchev–Trinajstić information content (AvgIpc) is 3.80. The zero-order valence-corrected chi connectivity index (χ0v) is 29.8. The van der Waals surface area contributed by atoms with Crippen molar-refractivity contribution in [2.24, 2.45) is 16.5 Å². The average molecular weight is 731 g/mol. The van der Waals surface area contributed by atoms with Crippen molar-refractivity contribution in [2.75, 3.05) is 44.1 Å². The first-order valence-corrected chi connectivity index (χ1v) is 18.8. The third-order valence-corrected chi connectivity index (χ3v) is 10.9. The van der Waals surface area contributed by atoms with E-state index in [1.165, 1.54) is 11.1 Å². The molecule has 6 rings (SSSR count). The van der Waals surface area contributed by atoms with Gasteiger partial charge < -0.3 is 26.6 Å². The minimum atomic E-state index is -1.79. The van der Waals surface area contributed by atoms with E-state index >= 15 is 0 Å². The molecule has 1 fully saturated rings. The molecule has 2 aromatic carbocycles. The van der Waals surface area contributed by atoms with Gasteiger partial charge in [0.2, 0.25) is 0 Å². The number of thiophene rings is 1. The number of benzene rings is 2. The number of pyridine rings is 1. The van der Waals surface area contributed by atoms with Crippen molar-refractivity contribution >= 4 is 45.8 Å². The monoisotopic (exact) mass is 730 g/mol. The molecule has 2 atom stereocenters. The molecule has 0 radical (unpaired) electrons. The molecule has 4 heterocycles. The summed E-state index contributed by atoms with van der Waals surface area (Å²) in [5.74, 6) is -1.25. The molecule has 2 aliphatic rings. The number of carbonyl (C=O) groups excluding carboxylic acids is 1. The van der Waals surface area contributed by atoms with Crippen molar-refractivity contribution in [1.82, 2.24) is 20.1 Å². The molecule has 15 heteroatoms. The van der Waals surface area contributed by atoms with Crippen molar-refractivity contribution < 1.29 is 23.6 Å². The van der Waals surface area contributed by atoms with E-state index in [-0.39, 0.29) is 23.8 Å². The van der Waals surface area contributed by atoms with Gasteiger partial charge in [0.05, 0.1) is 12.3 Å². The number of piperazine rings is 1. The number of hydrogen-bond donors (Lipinski definition) is 5. The molecule has 2 aromatic heterocycles. The number of nitrogens with zero attached hydrogens (tertiary/aromatic N) is 4. The molecule has 0 spiro atoms. The van der Waals surface area contributed by atoms with E-state index in [4.69, 9.17) is 16.2 Å². The number of amides is 1. The first-order valence-electron chi connectivity index (χ1n) is 16.8. The van der Waals surface area contributed by atoms with E-state index in [0.717, 1.165) is 67.3 Å². The van der Waals surface area contributed by atoms with Crippen LogP contribution in [0.25, 0.3) is 11.1 Å². The van der Waals surface area contributed by atoms with Gasteiger partial charge in [0.15, 0.2) is 16.9 Å². The number of aromatic nitrogens is 1. The van der Waals surface area contributed by atoms with Crippen LogP contribution < -0.4 is 26.2 Å². The van der Waals surface area contributed by atoms with Gasteiger partial charge in [-0.3, -0.25) is 29.3 Å². The van der Waals surface area contributed by atoms with E-state index in [1.54, 1.807) is 11.4 Å². The second-order valence-electron chi connectivity index (χ2n) is 12.5. The quantitative estimate of drug-likeness (QED) is 0.0689. The number of rotatable bonds is 15. The van der Waals surface area contributed by atoms with Crippen LogP contribution in [-0.2, 0) is 35.3 Å². The lowest BCUT2D eigenvalue weighted by Crippen LogP contribution is -2.45. The second-order valence-corrected chi connectivity index (χ2v) is 14.6. The Morgan fingerprint density at radius 3 is 2.53 bits per heavy atom. The van der Waals surface area contributed by atoms with Gasteiger partial charge in [0, 0.05) is 64.6 Å². The standard InChI is InChI=1S/C36H42N8O5S2/c37-36(38)40-11-3-6-30(35(46)47)41-34(45)33-29(10-19-50-33)42-51(48)31-21-27(20-25-9-18-49-32(25)31)28-5-2-1-4-26(28)23-44-16-14-43(15-17-44)22-24-7-12-39-13-8-24/h1-2,4-5,7-8,10,12-13,19-21,30,42H,3,6,9,11,14-18,22-23H2,(H,41,45)(H,46,47)(H4,37,38,40). The highest BCUT2D eigenvalue weighted by Crippen LogP contribution is 2.38. The first-order chi connectivity index (χ1) is 24.7. The van der Waals surface area contributed by atoms with Crippen LogP contribution in [0.2, 0.25) is 0 Å². The number of nitrogens with one attached hydrogen (secondary N) is 2. The number of ether oxygens (including phenoxy) is 1. The maximum atomic E-state index is 14.0. The fourth-order valence-corrected chi connectivity index (χ4v) is 8.19. The molecule has 268 valence electrons. The van der Waals surface area contributed by atoms with Crippen molar-refractivity contribution in [2.45, 2.75) is 43.3 Å². The van der Waals surface area contributed by atoms with Gasteiger partial charge in [-0.05, 0) is 76.4 Å². The molecule has 0 aliphatic carbocycles. The van der Waals surface area contributed by atoms with Crippen LogP contribution in [0.1, 0.15) is 39.2 Å². The Balaban J connectivity index is 1.15. The van der Waals surface area contributed by atoms with Crippen LogP contribution in [0.4, 0.5) is 5.69 Å². The molecule has 13 nitrogen and oxygen atoms in total. The van der Waals surface area contributed by atoms with Crippen LogP contribution in [0, 0.1) is 0 Å². The molecule has 2 unspecified atom stereocenters. The molecule has 0 saturated carbocycles. The summed E-state index contributed by atoms with van der Waals surface area (Å²) in [6.07, 6.45) is 4.87. The van der Waals surface area contributed by atoms with Crippen molar-refractivity contribution in [3.63, 3.8) is 0 Å². The van der Waals surface area contributed by atoms with Gasteiger partial charge in [-0.15, -0.1) is 11.3 Å². The van der Waals surface area contributed by atoms with E-state index in [0.29, 0.717) is 35.8 Å². The summed E-state index contributed by atoms with van der Waals surface area (Å²) in [4.78, 5) is 38.7. The maximum Gasteiger partial charge on any atom is 0.326 e. The number of carboxylic acids is 1. The number of anilines is 1. The summed E-state index contributed by atoms with van der Waals surface area (Å²) < 4.78 is 23.0. The zero-order chi connectivity index (χ0) is 35.7. The predicted octanol–water partition coefficient (Wildman–Crippen LogP) is 3.43. The van der Waals surface area contributed by atoms with Gasteiger partial charge in [-0.25, -0.2) is 9.00 Å². The molecule has 0 bridgehead atoms. The third-order valence-electron chi connectivity index (χ3n) is 8.91. The summed E-state index contributed by atoms with van der Waals surface area (Å²) in [6.45, 7) is 6.32. The normalized spacial score (nSPS) is 15.7. The Kier molecular flexibility index (Phi) is 11.9. The maximum absolute atomic E-state index is 14.0. The minimum Gasteiger partial charge on any atom is -0.492 e. The van der Waals surface area contributed by atoms with Crippen molar-refractivity contribution in [3.8, 4) is 16.9 Å². The number of aliphatic imine (C=N–C) groups is 1. The van der Waals surface area contributed by atoms with Crippen LogP contribution in [-0.4, -0.2) is 87.3 Å². The Labute approximate surface area is 303 Å². The number of guanidine groups is 1. The lowest BCUT2D eigenvalue weighted by atomic mass is 9.97. The number of carboxylic acid groups (broad SMARTS) is 1. The first kappa shape index (κ1) is 36.0. The highest BCUT2D eigenvalue weighted by Gasteiger charge is 2.27. The second kappa shape index (κ2) is 16.9. The summed E-state index contributed by atoms with van der Waals surface area (Å²) in [5.41, 5.74) is 16.5. The number of aliphatic carboxylic acids is 1. The molecule has 2 aliphatic heterocycles. The van der Waals surface area contributed by atoms with Crippen LogP contribution in [0.5, 0.6) is 5.75 Å². The number of fused-ring (bicyclic) bond motifs is 1. The van der Waals surface area contributed by atoms with E-state index < -0.39 is 28.9 Å². The summed E-state index contributed by atoms with van der Waals surface area (Å²) >= 11 is 1.13. The summed E-state index contributed by atoms with van der Waals surface area (Å²) in [6, 6.07) is 17.0. The number of carbonyl (C=O) groups is 2. The molecule has 4 aromatic rings. The highest BCUT2D eigenvalue weighted by molar-refractivity contribution is 7.86. The Bertz CT molecular complexity index is 1890. The lowest BCUT2D eigenvalue weighted by Gasteiger charge is -2.35. The molecule has 1 saturated heterocycles. The van der Waals surface area contributed by atoms with Crippen LogP contribution in [0.3, 0.4) is 0 Å². The third kappa shape index (κ3) is 9.29. The fourth-order valence-electron chi connectivity index (χ4n) is 6.30. The Morgan fingerprint density at radius 2 is 1.78 bits per heavy atom. The minimum absolute atomic E-state index is 0.0820. The van der Waals surface area contributed by atoms with Gasteiger partial charge in [0.25, 0.3) is 5.91 Å². The Morgan fingerprint density at radius 1 is 1.04 bits per heavy atom. The van der Waals surface area contributed by atoms with Gasteiger partial charge in [-0.2, -0.15) is 0 Å².